The minimum Gasteiger partial charge on any atom is -0.370 e. The Labute approximate surface area is 136 Å². The van der Waals surface area contributed by atoms with E-state index in [1.54, 1.807) is 6.20 Å². The molecule has 20 heavy (non-hydrogen) atoms. The Bertz CT molecular complexity index is 548. The van der Waals surface area contributed by atoms with Crippen LogP contribution in [0.5, 0.6) is 0 Å². The monoisotopic (exact) mass is 385 g/mol. The van der Waals surface area contributed by atoms with Crippen LogP contribution in [0.3, 0.4) is 0 Å². The molecule has 0 atom stereocenters. The second-order valence-corrected chi connectivity index (χ2v) is 4.63. The van der Waals surface area contributed by atoms with Crippen molar-refractivity contribution >= 4 is 29.9 Å². The molecule has 0 saturated heterocycles. The lowest BCUT2D eigenvalue weighted by atomic mass is 10.3. The van der Waals surface area contributed by atoms with E-state index in [2.05, 4.69) is 15.4 Å². The van der Waals surface area contributed by atoms with Gasteiger partial charge in [0.25, 0.3) is 0 Å². The Hall–Kier alpha value is -1.57. The molecule has 1 aromatic carbocycles. The van der Waals surface area contributed by atoms with E-state index in [0.717, 1.165) is 11.3 Å². The topological polar surface area (TPSA) is 68.2 Å². The van der Waals surface area contributed by atoms with Crippen LogP contribution in [0.25, 0.3) is 5.69 Å². The molecular weight excluding hydrogens is 365 g/mol. The first-order valence-electron chi connectivity index (χ1n) is 6.30. The first-order valence-corrected chi connectivity index (χ1v) is 6.30. The van der Waals surface area contributed by atoms with E-state index in [1.807, 2.05) is 55.1 Å². The lowest BCUT2D eigenvalue weighted by Crippen LogP contribution is -2.36. The predicted molar refractivity (Wildman–Crippen MR) is 92.6 cm³/mol. The van der Waals surface area contributed by atoms with E-state index >= 15 is 0 Å². The minimum absolute atomic E-state index is 0. The molecule has 1 aromatic heterocycles. The summed E-state index contributed by atoms with van der Waals surface area (Å²) >= 11 is 0. The summed E-state index contributed by atoms with van der Waals surface area (Å²) in [4.78, 5) is 4.27. The molecule has 2 aromatic rings. The van der Waals surface area contributed by atoms with E-state index in [1.165, 1.54) is 0 Å². The van der Waals surface area contributed by atoms with Crippen LogP contribution < -0.4 is 11.1 Å². The zero-order chi connectivity index (χ0) is 13.7. The third-order valence-electron chi connectivity index (χ3n) is 2.53. The van der Waals surface area contributed by atoms with Crippen molar-refractivity contribution < 1.29 is 0 Å². The van der Waals surface area contributed by atoms with Crippen LogP contribution in [-0.2, 0) is 6.54 Å². The van der Waals surface area contributed by atoms with Gasteiger partial charge in [0.15, 0.2) is 5.96 Å². The molecule has 0 amide bonds. The number of nitrogens with zero attached hydrogens (tertiary/aromatic N) is 3. The number of halogens is 1. The van der Waals surface area contributed by atoms with Gasteiger partial charge in [-0.2, -0.15) is 5.10 Å². The number of hydrogen-bond acceptors (Lipinski definition) is 2. The molecule has 0 aliphatic heterocycles. The number of aromatic nitrogens is 2. The maximum atomic E-state index is 5.75. The van der Waals surface area contributed by atoms with Gasteiger partial charge < -0.3 is 11.1 Å². The van der Waals surface area contributed by atoms with Crippen molar-refractivity contribution in [3.05, 3.63) is 48.3 Å². The second kappa shape index (κ2) is 7.88. The van der Waals surface area contributed by atoms with Crippen molar-refractivity contribution in [3.63, 3.8) is 0 Å². The van der Waals surface area contributed by atoms with Gasteiger partial charge in [0.1, 0.15) is 0 Å². The number of benzene rings is 1. The summed E-state index contributed by atoms with van der Waals surface area (Å²) in [7, 11) is 0. The van der Waals surface area contributed by atoms with Crippen molar-refractivity contribution in [2.24, 2.45) is 10.7 Å². The number of hydrogen-bond donors (Lipinski definition) is 2. The van der Waals surface area contributed by atoms with Gasteiger partial charge in [-0.1, -0.05) is 18.2 Å². The standard InChI is InChI=1S/C14H19N5.HI/c1-11(2)18-14(15)16-8-12-9-17-19(10-12)13-6-4-3-5-7-13;/h3-7,9-11H,8H2,1-2H3,(H3,15,16,18);1H. The van der Waals surface area contributed by atoms with Crippen LogP contribution in [0.2, 0.25) is 0 Å². The first-order chi connectivity index (χ1) is 9.15. The van der Waals surface area contributed by atoms with Gasteiger partial charge in [-0.15, -0.1) is 24.0 Å². The summed E-state index contributed by atoms with van der Waals surface area (Å²) in [5, 5.41) is 7.36. The normalized spacial score (nSPS) is 11.2. The zero-order valence-corrected chi connectivity index (χ0v) is 14.0. The fourth-order valence-corrected chi connectivity index (χ4v) is 1.68. The third-order valence-corrected chi connectivity index (χ3v) is 2.53. The molecule has 0 aliphatic carbocycles. The van der Waals surface area contributed by atoms with E-state index in [0.29, 0.717) is 12.5 Å². The number of nitrogens with one attached hydrogen (secondary N) is 1. The molecule has 1 heterocycles. The van der Waals surface area contributed by atoms with Gasteiger partial charge in [-0.25, -0.2) is 9.67 Å². The molecule has 0 aliphatic rings. The van der Waals surface area contributed by atoms with Gasteiger partial charge in [0, 0.05) is 17.8 Å². The van der Waals surface area contributed by atoms with Crippen LogP contribution in [-0.4, -0.2) is 21.8 Å². The quantitative estimate of drug-likeness (QED) is 0.482. The highest BCUT2D eigenvalue weighted by Gasteiger charge is 2.00. The maximum Gasteiger partial charge on any atom is 0.189 e. The maximum absolute atomic E-state index is 5.75. The van der Waals surface area contributed by atoms with Crippen LogP contribution in [0, 0.1) is 0 Å². The molecular formula is C14H20IN5. The summed E-state index contributed by atoms with van der Waals surface area (Å²) in [6.07, 6.45) is 3.76. The van der Waals surface area contributed by atoms with Gasteiger partial charge in [-0.05, 0) is 26.0 Å². The van der Waals surface area contributed by atoms with Crippen molar-refractivity contribution in [3.8, 4) is 5.69 Å². The second-order valence-electron chi connectivity index (χ2n) is 4.63. The van der Waals surface area contributed by atoms with Crippen LogP contribution >= 0.6 is 24.0 Å². The Balaban J connectivity index is 0.00000200. The first kappa shape index (κ1) is 16.5. The molecule has 0 spiro atoms. The number of aliphatic imine (C=N–C) groups is 1. The van der Waals surface area contributed by atoms with Crippen molar-refractivity contribution in [1.82, 2.24) is 15.1 Å². The van der Waals surface area contributed by atoms with E-state index in [9.17, 15) is 0 Å². The van der Waals surface area contributed by atoms with Crippen LogP contribution in [0.4, 0.5) is 0 Å². The van der Waals surface area contributed by atoms with E-state index < -0.39 is 0 Å². The predicted octanol–water partition coefficient (Wildman–Crippen LogP) is 2.30. The van der Waals surface area contributed by atoms with Crippen LogP contribution in [0.15, 0.2) is 47.7 Å². The number of rotatable bonds is 4. The molecule has 5 nitrogen and oxygen atoms in total. The van der Waals surface area contributed by atoms with Crippen molar-refractivity contribution in [1.29, 1.82) is 0 Å². The van der Waals surface area contributed by atoms with Crippen molar-refractivity contribution in [2.75, 3.05) is 0 Å². The summed E-state index contributed by atoms with van der Waals surface area (Å²) < 4.78 is 1.83. The molecule has 0 saturated carbocycles. The third kappa shape index (κ3) is 4.84. The fraction of sp³-hybridized carbons (Fsp3) is 0.286. The lowest BCUT2D eigenvalue weighted by Gasteiger charge is -2.07. The highest BCUT2D eigenvalue weighted by molar-refractivity contribution is 14.0. The highest BCUT2D eigenvalue weighted by Crippen LogP contribution is 2.08. The molecule has 6 heteroatoms. The summed E-state index contributed by atoms with van der Waals surface area (Å²) in [5.74, 6) is 0.461. The highest BCUT2D eigenvalue weighted by atomic mass is 127. The van der Waals surface area contributed by atoms with Gasteiger partial charge in [-0.3, -0.25) is 0 Å². The Morgan fingerprint density at radius 2 is 2.05 bits per heavy atom. The molecule has 0 bridgehead atoms. The van der Waals surface area contributed by atoms with Gasteiger partial charge >= 0.3 is 0 Å². The fourth-order valence-electron chi connectivity index (χ4n) is 1.68. The largest absolute Gasteiger partial charge is 0.370 e. The number of para-hydroxylation sites is 1. The Kier molecular flexibility index (Phi) is 6.50. The average molecular weight is 385 g/mol. The Morgan fingerprint density at radius 3 is 2.70 bits per heavy atom. The molecule has 0 radical (unpaired) electrons. The smallest absolute Gasteiger partial charge is 0.189 e. The molecule has 108 valence electrons. The summed E-state index contributed by atoms with van der Waals surface area (Å²) in [6, 6.07) is 10.3. The van der Waals surface area contributed by atoms with Crippen molar-refractivity contribution in [2.45, 2.75) is 26.4 Å². The molecule has 2 rings (SSSR count). The zero-order valence-electron chi connectivity index (χ0n) is 11.7. The van der Waals surface area contributed by atoms with Crippen LogP contribution in [0.1, 0.15) is 19.4 Å². The van der Waals surface area contributed by atoms with Gasteiger partial charge in [0.2, 0.25) is 0 Å². The van der Waals surface area contributed by atoms with Gasteiger partial charge in [0.05, 0.1) is 18.4 Å². The average Bonchev–Trinajstić information content (AvgIpc) is 2.85. The number of nitrogens with two attached hydrogens (primary N) is 1. The summed E-state index contributed by atoms with van der Waals surface area (Å²) in [6.45, 7) is 4.57. The minimum atomic E-state index is 0. The van der Waals surface area contributed by atoms with E-state index in [-0.39, 0.29) is 30.0 Å². The SMILES string of the molecule is CC(C)NC(N)=NCc1cnn(-c2ccccc2)c1.I. The van der Waals surface area contributed by atoms with E-state index in [4.69, 9.17) is 5.73 Å². The molecule has 0 unspecified atom stereocenters. The Morgan fingerprint density at radius 1 is 1.35 bits per heavy atom. The summed E-state index contributed by atoms with van der Waals surface area (Å²) in [5.41, 5.74) is 7.81. The molecule has 0 fully saturated rings. The molecule has 3 N–H and O–H groups in total. The lowest BCUT2D eigenvalue weighted by molar-refractivity contribution is 0.723. The number of guanidine groups is 1.